The second-order valence-electron chi connectivity index (χ2n) is 5.44. The lowest BCUT2D eigenvalue weighted by Crippen LogP contribution is -2.45. The number of ether oxygens (including phenoxy) is 2. The molecule has 2 rings (SSSR count). The first kappa shape index (κ1) is 17.1. The molecule has 0 saturated carbocycles. The quantitative estimate of drug-likeness (QED) is 0.850. The molecular weight excluding hydrogens is 304 g/mol. The highest BCUT2D eigenvalue weighted by Gasteiger charge is 2.29. The maximum atomic E-state index is 12.0. The number of nitrogens with zero attached hydrogens (tertiary/aromatic N) is 1. The van der Waals surface area contributed by atoms with E-state index in [1.807, 2.05) is 18.2 Å². The first-order valence-electron chi connectivity index (χ1n) is 7.35. The zero-order chi connectivity index (χ0) is 16.2. The number of rotatable bonds is 6. The molecule has 0 bridgehead atoms. The first-order valence-corrected chi connectivity index (χ1v) is 8.90. The maximum absolute atomic E-state index is 12.0. The van der Waals surface area contributed by atoms with Crippen molar-refractivity contribution < 1.29 is 17.9 Å². The fourth-order valence-corrected chi connectivity index (χ4v) is 4.03. The molecule has 1 aliphatic rings. The minimum atomic E-state index is -3.21. The average molecular weight is 328 g/mol. The molecule has 124 valence electrons. The van der Waals surface area contributed by atoms with Crippen molar-refractivity contribution in [2.24, 2.45) is 0 Å². The van der Waals surface area contributed by atoms with E-state index in [9.17, 15) is 8.42 Å². The molecular formula is C15H24N2O4S. The van der Waals surface area contributed by atoms with Crippen LogP contribution in [0.4, 0.5) is 0 Å². The third-order valence-electron chi connectivity index (χ3n) is 4.04. The van der Waals surface area contributed by atoms with Crippen LogP contribution in [0.5, 0.6) is 11.5 Å². The van der Waals surface area contributed by atoms with E-state index in [4.69, 9.17) is 9.47 Å². The topological polar surface area (TPSA) is 67.9 Å². The van der Waals surface area contributed by atoms with E-state index in [1.54, 1.807) is 14.2 Å². The van der Waals surface area contributed by atoms with Crippen LogP contribution in [-0.2, 0) is 16.6 Å². The smallest absolute Gasteiger partial charge is 0.215 e. The van der Waals surface area contributed by atoms with Crippen LogP contribution < -0.4 is 14.2 Å². The molecule has 0 spiro atoms. The molecule has 1 aliphatic heterocycles. The van der Waals surface area contributed by atoms with Gasteiger partial charge in [0.25, 0.3) is 0 Å². The molecule has 0 amide bonds. The SMILES string of the molecule is CNS(=O)(=O)C1CCCN(Cc2ccc(OC)c(OC)c2)C1. The molecule has 1 heterocycles. The summed E-state index contributed by atoms with van der Waals surface area (Å²) in [5, 5.41) is -0.341. The van der Waals surface area contributed by atoms with E-state index in [1.165, 1.54) is 7.05 Å². The lowest BCUT2D eigenvalue weighted by molar-refractivity contribution is 0.221. The Labute approximate surface area is 132 Å². The Morgan fingerprint density at radius 1 is 1.27 bits per heavy atom. The molecule has 0 aliphatic carbocycles. The van der Waals surface area contributed by atoms with E-state index in [0.717, 1.165) is 18.5 Å². The van der Waals surface area contributed by atoms with Gasteiger partial charge in [-0.05, 0) is 44.1 Å². The van der Waals surface area contributed by atoms with Gasteiger partial charge in [0, 0.05) is 13.1 Å². The predicted molar refractivity (Wildman–Crippen MR) is 85.8 cm³/mol. The Balaban J connectivity index is 2.07. The minimum absolute atomic E-state index is 0.341. The van der Waals surface area contributed by atoms with Crippen LogP contribution in [0.3, 0.4) is 0 Å². The zero-order valence-electron chi connectivity index (χ0n) is 13.3. The number of likely N-dealkylation sites (tertiary alicyclic amines) is 1. The van der Waals surface area contributed by atoms with Gasteiger partial charge in [-0.2, -0.15) is 0 Å². The number of hydrogen-bond donors (Lipinski definition) is 1. The molecule has 1 N–H and O–H groups in total. The Morgan fingerprint density at radius 3 is 2.64 bits per heavy atom. The summed E-state index contributed by atoms with van der Waals surface area (Å²) >= 11 is 0. The van der Waals surface area contributed by atoms with Crippen molar-refractivity contribution in [3.8, 4) is 11.5 Å². The van der Waals surface area contributed by atoms with Gasteiger partial charge >= 0.3 is 0 Å². The Morgan fingerprint density at radius 2 is 2.00 bits per heavy atom. The lowest BCUT2D eigenvalue weighted by atomic mass is 10.1. The third-order valence-corrected chi connectivity index (χ3v) is 5.87. The molecule has 7 heteroatoms. The van der Waals surface area contributed by atoms with E-state index in [2.05, 4.69) is 9.62 Å². The van der Waals surface area contributed by atoms with Gasteiger partial charge in [-0.3, -0.25) is 4.90 Å². The summed E-state index contributed by atoms with van der Waals surface area (Å²) in [6.07, 6.45) is 1.60. The largest absolute Gasteiger partial charge is 0.493 e. The second-order valence-corrected chi connectivity index (χ2v) is 7.60. The summed E-state index contributed by atoms with van der Waals surface area (Å²) in [5.41, 5.74) is 1.08. The summed E-state index contributed by atoms with van der Waals surface area (Å²) < 4.78 is 36.9. The van der Waals surface area contributed by atoms with Crippen LogP contribution in [0, 0.1) is 0 Å². The Bertz CT molecular complexity index is 604. The monoisotopic (exact) mass is 328 g/mol. The number of sulfonamides is 1. The summed E-state index contributed by atoms with van der Waals surface area (Å²) in [4.78, 5) is 2.17. The van der Waals surface area contributed by atoms with E-state index in [0.29, 0.717) is 31.0 Å². The summed E-state index contributed by atoms with van der Waals surface area (Å²) in [5.74, 6) is 1.39. The van der Waals surface area contributed by atoms with E-state index in [-0.39, 0.29) is 5.25 Å². The van der Waals surface area contributed by atoms with Crippen molar-refractivity contribution in [3.63, 3.8) is 0 Å². The van der Waals surface area contributed by atoms with Crippen molar-refractivity contribution in [3.05, 3.63) is 23.8 Å². The third kappa shape index (κ3) is 3.91. The highest BCUT2D eigenvalue weighted by Crippen LogP contribution is 2.28. The van der Waals surface area contributed by atoms with Gasteiger partial charge in [-0.15, -0.1) is 0 Å². The normalized spacial score (nSPS) is 19.9. The van der Waals surface area contributed by atoms with Crippen molar-refractivity contribution in [2.75, 3.05) is 34.4 Å². The maximum Gasteiger partial charge on any atom is 0.215 e. The van der Waals surface area contributed by atoms with Gasteiger partial charge < -0.3 is 9.47 Å². The molecule has 1 aromatic carbocycles. The van der Waals surface area contributed by atoms with Crippen LogP contribution in [0.15, 0.2) is 18.2 Å². The van der Waals surface area contributed by atoms with Gasteiger partial charge in [0.15, 0.2) is 11.5 Å². The lowest BCUT2D eigenvalue weighted by Gasteiger charge is -2.32. The fraction of sp³-hybridized carbons (Fsp3) is 0.600. The number of methoxy groups -OCH3 is 2. The van der Waals surface area contributed by atoms with E-state index < -0.39 is 10.0 Å². The van der Waals surface area contributed by atoms with Crippen molar-refractivity contribution in [1.29, 1.82) is 0 Å². The van der Waals surface area contributed by atoms with Crippen LogP contribution in [0.25, 0.3) is 0 Å². The molecule has 1 atom stereocenters. The summed E-state index contributed by atoms with van der Waals surface area (Å²) in [7, 11) is 1.48. The number of piperidine rings is 1. The molecule has 1 fully saturated rings. The molecule has 0 radical (unpaired) electrons. The van der Waals surface area contributed by atoms with Crippen LogP contribution >= 0.6 is 0 Å². The zero-order valence-corrected chi connectivity index (χ0v) is 14.1. The van der Waals surface area contributed by atoms with Gasteiger partial charge in [-0.25, -0.2) is 13.1 Å². The number of nitrogens with one attached hydrogen (secondary N) is 1. The van der Waals surface area contributed by atoms with Crippen LogP contribution in [0.1, 0.15) is 18.4 Å². The van der Waals surface area contributed by atoms with Gasteiger partial charge in [-0.1, -0.05) is 6.07 Å². The molecule has 0 aromatic heterocycles. The standard InChI is InChI=1S/C15H24N2O4S/c1-16-22(18,19)13-5-4-8-17(11-13)10-12-6-7-14(20-2)15(9-12)21-3/h6-7,9,13,16H,4-5,8,10-11H2,1-3H3. The van der Waals surface area contributed by atoms with Gasteiger partial charge in [0.05, 0.1) is 19.5 Å². The average Bonchev–Trinajstić information content (AvgIpc) is 2.55. The minimum Gasteiger partial charge on any atom is -0.493 e. The Hall–Kier alpha value is -1.31. The van der Waals surface area contributed by atoms with E-state index >= 15 is 0 Å². The molecule has 1 aromatic rings. The van der Waals surface area contributed by atoms with Crippen molar-refractivity contribution in [2.45, 2.75) is 24.6 Å². The molecule has 6 nitrogen and oxygen atoms in total. The van der Waals surface area contributed by atoms with Crippen molar-refractivity contribution in [1.82, 2.24) is 9.62 Å². The molecule has 22 heavy (non-hydrogen) atoms. The first-order chi connectivity index (χ1) is 10.5. The number of hydrogen-bond acceptors (Lipinski definition) is 5. The van der Waals surface area contributed by atoms with Crippen LogP contribution in [-0.4, -0.2) is 52.9 Å². The highest BCUT2D eigenvalue weighted by atomic mass is 32.2. The predicted octanol–water partition coefficient (Wildman–Crippen LogP) is 1.22. The van der Waals surface area contributed by atoms with Crippen molar-refractivity contribution >= 4 is 10.0 Å². The van der Waals surface area contributed by atoms with Gasteiger partial charge in [0.2, 0.25) is 10.0 Å². The summed E-state index contributed by atoms with van der Waals surface area (Å²) in [6, 6.07) is 5.80. The molecule has 1 unspecified atom stereocenters. The number of benzene rings is 1. The molecule has 1 saturated heterocycles. The Kier molecular flexibility index (Phi) is 5.66. The highest BCUT2D eigenvalue weighted by molar-refractivity contribution is 7.90. The van der Waals surface area contributed by atoms with Crippen LogP contribution in [0.2, 0.25) is 0 Å². The summed E-state index contributed by atoms with van der Waals surface area (Å²) in [6.45, 7) is 2.16. The fourth-order valence-electron chi connectivity index (χ4n) is 2.81. The van der Waals surface area contributed by atoms with Gasteiger partial charge in [0.1, 0.15) is 0 Å². The second kappa shape index (κ2) is 7.30.